The third-order valence-electron chi connectivity index (χ3n) is 3.80. The zero-order valence-electron chi connectivity index (χ0n) is 13.0. The summed E-state index contributed by atoms with van der Waals surface area (Å²) >= 11 is 0. The van der Waals surface area contributed by atoms with Crippen LogP contribution in [0, 0.1) is 5.92 Å². The van der Waals surface area contributed by atoms with Crippen LogP contribution in [0.25, 0.3) is 0 Å². The van der Waals surface area contributed by atoms with Gasteiger partial charge in [0.2, 0.25) is 0 Å². The highest BCUT2D eigenvalue weighted by Crippen LogP contribution is 2.19. The smallest absolute Gasteiger partial charge is 0.258 e. The second kappa shape index (κ2) is 6.85. The lowest BCUT2D eigenvalue weighted by molar-refractivity contribution is 0.436. The molecule has 1 atom stereocenters. The van der Waals surface area contributed by atoms with E-state index in [1.165, 1.54) is 12.8 Å². The van der Waals surface area contributed by atoms with E-state index >= 15 is 0 Å². The summed E-state index contributed by atoms with van der Waals surface area (Å²) in [6, 6.07) is 3.98. The number of rotatable bonds is 8. The van der Waals surface area contributed by atoms with Crippen molar-refractivity contribution in [3.63, 3.8) is 0 Å². The number of sulfonamides is 1. The maximum atomic E-state index is 12.3. The molecule has 2 N–H and O–H groups in total. The molecule has 1 aliphatic rings. The van der Waals surface area contributed by atoms with Gasteiger partial charge in [0, 0.05) is 24.8 Å². The summed E-state index contributed by atoms with van der Waals surface area (Å²) in [5.74, 6) is 0.256. The van der Waals surface area contributed by atoms with Gasteiger partial charge in [-0.25, -0.2) is 18.1 Å². The molecule has 0 amide bonds. The molecule has 1 aliphatic carbocycles. The summed E-state index contributed by atoms with van der Waals surface area (Å²) in [7, 11) is -3.53. The van der Waals surface area contributed by atoms with Crippen LogP contribution in [-0.4, -0.2) is 25.5 Å². The average molecular weight is 311 g/mol. The van der Waals surface area contributed by atoms with Crippen LogP contribution in [0.15, 0.2) is 23.4 Å². The molecule has 5 nitrogen and oxygen atoms in total. The van der Waals surface area contributed by atoms with E-state index < -0.39 is 10.0 Å². The first kappa shape index (κ1) is 16.4. The molecule has 118 valence electrons. The monoisotopic (exact) mass is 311 g/mol. The quantitative estimate of drug-likeness (QED) is 0.771. The molecule has 1 aromatic heterocycles. The number of nitrogens with zero attached hydrogens (tertiary/aromatic N) is 1. The first-order chi connectivity index (χ1) is 9.92. The Balaban J connectivity index is 2.01. The standard InChI is InChI=1S/C15H25N3O2S/c1-4-14(11(2)3)18-21(19,20)15-8-5-12(10-17-15)9-16-13-6-7-13/h5,8,10-11,13-14,16,18H,4,6-7,9H2,1-3H3. The number of hydrogen-bond donors (Lipinski definition) is 2. The van der Waals surface area contributed by atoms with E-state index in [1.54, 1.807) is 12.3 Å². The number of nitrogens with one attached hydrogen (secondary N) is 2. The zero-order valence-corrected chi connectivity index (χ0v) is 13.8. The molecule has 6 heteroatoms. The molecular formula is C15H25N3O2S. The van der Waals surface area contributed by atoms with Gasteiger partial charge in [-0.1, -0.05) is 26.8 Å². The normalized spacial score (nSPS) is 17.1. The van der Waals surface area contributed by atoms with Crippen LogP contribution >= 0.6 is 0 Å². The van der Waals surface area contributed by atoms with Crippen LogP contribution in [0.2, 0.25) is 0 Å². The molecule has 0 bridgehead atoms. The molecule has 1 fully saturated rings. The van der Waals surface area contributed by atoms with Gasteiger partial charge in [-0.2, -0.15) is 0 Å². The van der Waals surface area contributed by atoms with Gasteiger partial charge in [-0.3, -0.25) is 0 Å². The van der Waals surface area contributed by atoms with Crippen LogP contribution < -0.4 is 10.0 Å². The lowest BCUT2D eigenvalue weighted by Gasteiger charge is -2.20. The summed E-state index contributed by atoms with van der Waals surface area (Å²) in [6.07, 6.45) is 4.87. The molecule has 21 heavy (non-hydrogen) atoms. The Morgan fingerprint density at radius 1 is 1.33 bits per heavy atom. The SMILES string of the molecule is CCC(NS(=O)(=O)c1ccc(CNC2CC2)cn1)C(C)C. The minimum atomic E-state index is -3.53. The summed E-state index contributed by atoms with van der Waals surface area (Å²) in [4.78, 5) is 4.10. The molecule has 0 aliphatic heterocycles. The lowest BCUT2D eigenvalue weighted by atomic mass is 10.0. The number of aromatic nitrogens is 1. The van der Waals surface area contributed by atoms with E-state index in [-0.39, 0.29) is 17.0 Å². The van der Waals surface area contributed by atoms with E-state index in [0.29, 0.717) is 6.04 Å². The first-order valence-corrected chi connectivity index (χ1v) is 9.11. The molecule has 1 unspecified atom stereocenters. The van der Waals surface area contributed by atoms with Crippen molar-refractivity contribution in [3.8, 4) is 0 Å². The summed E-state index contributed by atoms with van der Waals surface area (Å²) in [5, 5.41) is 3.48. The van der Waals surface area contributed by atoms with Gasteiger partial charge in [0.05, 0.1) is 0 Å². The maximum Gasteiger partial charge on any atom is 0.258 e. The van der Waals surface area contributed by atoms with Crippen LogP contribution in [-0.2, 0) is 16.6 Å². The molecule has 1 saturated carbocycles. The molecule has 0 saturated heterocycles. The van der Waals surface area contributed by atoms with Crippen molar-refractivity contribution in [1.82, 2.24) is 15.0 Å². The van der Waals surface area contributed by atoms with E-state index in [4.69, 9.17) is 0 Å². The van der Waals surface area contributed by atoms with Crippen LogP contribution in [0.5, 0.6) is 0 Å². The molecule has 2 rings (SSSR count). The highest BCUT2D eigenvalue weighted by Gasteiger charge is 2.23. The lowest BCUT2D eigenvalue weighted by Crippen LogP contribution is -2.38. The predicted molar refractivity (Wildman–Crippen MR) is 83.3 cm³/mol. The summed E-state index contributed by atoms with van der Waals surface area (Å²) in [5.41, 5.74) is 1.01. The van der Waals surface area contributed by atoms with Crippen LogP contribution in [0.4, 0.5) is 0 Å². The van der Waals surface area contributed by atoms with Gasteiger partial charge < -0.3 is 5.32 Å². The van der Waals surface area contributed by atoms with Crippen molar-refractivity contribution in [2.45, 2.75) is 63.7 Å². The van der Waals surface area contributed by atoms with Crippen LogP contribution in [0.1, 0.15) is 45.6 Å². The summed E-state index contributed by atoms with van der Waals surface area (Å²) < 4.78 is 27.3. The maximum absolute atomic E-state index is 12.3. The number of pyridine rings is 1. The van der Waals surface area contributed by atoms with Crippen molar-refractivity contribution in [1.29, 1.82) is 0 Å². The topological polar surface area (TPSA) is 71.1 Å². The Labute approximate surface area is 127 Å². The third kappa shape index (κ3) is 4.76. The Kier molecular flexibility index (Phi) is 5.35. The van der Waals surface area contributed by atoms with Gasteiger partial charge in [0.15, 0.2) is 5.03 Å². The van der Waals surface area contributed by atoms with Crippen LogP contribution in [0.3, 0.4) is 0 Å². The second-order valence-corrected chi connectivity index (χ2v) is 7.70. The van der Waals surface area contributed by atoms with Crippen molar-refractivity contribution in [3.05, 3.63) is 23.9 Å². The minimum absolute atomic E-state index is 0.0620. The number of hydrogen-bond acceptors (Lipinski definition) is 4. The Morgan fingerprint density at radius 3 is 2.52 bits per heavy atom. The fourth-order valence-corrected chi connectivity index (χ4v) is 3.57. The Bertz CT molecular complexity index is 551. The van der Waals surface area contributed by atoms with E-state index in [9.17, 15) is 8.42 Å². The Morgan fingerprint density at radius 2 is 2.05 bits per heavy atom. The highest BCUT2D eigenvalue weighted by atomic mass is 32.2. The zero-order chi connectivity index (χ0) is 15.5. The molecule has 1 aromatic rings. The van der Waals surface area contributed by atoms with Crippen molar-refractivity contribution in [2.75, 3.05) is 0 Å². The molecule has 0 aromatic carbocycles. The molecule has 1 heterocycles. The fraction of sp³-hybridized carbons (Fsp3) is 0.667. The van der Waals surface area contributed by atoms with E-state index in [0.717, 1.165) is 18.5 Å². The Hall–Kier alpha value is -0.980. The molecule has 0 spiro atoms. The van der Waals surface area contributed by atoms with Gasteiger partial charge >= 0.3 is 0 Å². The largest absolute Gasteiger partial charge is 0.310 e. The first-order valence-electron chi connectivity index (χ1n) is 7.63. The van der Waals surface area contributed by atoms with Gasteiger partial charge in [0.1, 0.15) is 0 Å². The van der Waals surface area contributed by atoms with Gasteiger partial charge in [-0.05, 0) is 36.8 Å². The average Bonchev–Trinajstić information content (AvgIpc) is 3.27. The summed E-state index contributed by atoms with van der Waals surface area (Å²) in [6.45, 7) is 6.75. The molecule has 0 radical (unpaired) electrons. The molecular weight excluding hydrogens is 286 g/mol. The van der Waals surface area contributed by atoms with Gasteiger partial charge in [0.25, 0.3) is 10.0 Å². The fourth-order valence-electron chi connectivity index (χ4n) is 2.17. The highest BCUT2D eigenvalue weighted by molar-refractivity contribution is 7.89. The van der Waals surface area contributed by atoms with Crippen molar-refractivity contribution in [2.24, 2.45) is 5.92 Å². The van der Waals surface area contributed by atoms with Crippen molar-refractivity contribution >= 4 is 10.0 Å². The minimum Gasteiger partial charge on any atom is -0.310 e. The van der Waals surface area contributed by atoms with E-state index in [2.05, 4.69) is 15.0 Å². The predicted octanol–water partition coefficient (Wildman–Crippen LogP) is 2.05. The third-order valence-corrected chi connectivity index (χ3v) is 5.20. The van der Waals surface area contributed by atoms with E-state index in [1.807, 2.05) is 26.8 Å². The second-order valence-electron chi connectivity index (χ2n) is 6.04. The van der Waals surface area contributed by atoms with Crippen molar-refractivity contribution < 1.29 is 8.42 Å². The van der Waals surface area contributed by atoms with Gasteiger partial charge in [-0.15, -0.1) is 0 Å².